The van der Waals surface area contributed by atoms with Gasteiger partial charge in [-0.3, -0.25) is 9.36 Å². The molecule has 0 saturated heterocycles. The predicted octanol–water partition coefficient (Wildman–Crippen LogP) is 5.79. The summed E-state index contributed by atoms with van der Waals surface area (Å²) >= 11 is 14.1. The Balaban J connectivity index is 1.75. The van der Waals surface area contributed by atoms with Gasteiger partial charge in [-0.1, -0.05) is 48.3 Å². The van der Waals surface area contributed by atoms with Crippen LogP contribution in [-0.2, 0) is 12.8 Å². The van der Waals surface area contributed by atoms with Crippen molar-refractivity contribution in [3.8, 4) is 10.8 Å². The molecule has 0 spiro atoms. The number of carbonyl (C=O) groups is 2. The molecule has 2 aromatic heterocycles. The van der Waals surface area contributed by atoms with Gasteiger partial charge < -0.3 is 10.5 Å². The second-order valence-corrected chi connectivity index (χ2v) is 9.39. The lowest BCUT2D eigenvalue weighted by atomic mass is 10.0. The predicted molar refractivity (Wildman–Crippen MR) is 133 cm³/mol. The highest BCUT2D eigenvalue weighted by Crippen LogP contribution is 2.33. The van der Waals surface area contributed by atoms with Crippen LogP contribution < -0.4 is 10.5 Å². The summed E-state index contributed by atoms with van der Waals surface area (Å²) in [5.41, 5.74) is 6.87. The normalized spacial score (nSPS) is 10.9. The van der Waals surface area contributed by atoms with Crippen molar-refractivity contribution in [2.24, 2.45) is 5.73 Å². The Morgan fingerprint density at radius 2 is 1.82 bits per heavy atom. The van der Waals surface area contributed by atoms with Gasteiger partial charge in [0.05, 0.1) is 15.6 Å². The fourth-order valence-corrected chi connectivity index (χ4v) is 5.16. The molecular formula is C24H20Cl2N4O3S. The summed E-state index contributed by atoms with van der Waals surface area (Å²) in [5, 5.41) is 9.99. The highest BCUT2D eigenvalue weighted by molar-refractivity contribution is 7.15. The van der Waals surface area contributed by atoms with Crippen molar-refractivity contribution in [1.82, 2.24) is 14.8 Å². The number of rotatable bonds is 7. The number of primary amides is 1. The topological polar surface area (TPSA) is 100 Å². The van der Waals surface area contributed by atoms with Crippen LogP contribution in [0.2, 0.25) is 10.0 Å². The van der Waals surface area contributed by atoms with Crippen molar-refractivity contribution in [3.63, 3.8) is 0 Å². The maximum atomic E-state index is 13.5. The lowest BCUT2D eigenvalue weighted by Crippen LogP contribution is -2.16. The van der Waals surface area contributed by atoms with Crippen molar-refractivity contribution >= 4 is 46.4 Å². The van der Waals surface area contributed by atoms with Gasteiger partial charge in [0.15, 0.2) is 11.5 Å². The second kappa shape index (κ2) is 9.97. The molecule has 0 atom stereocenters. The van der Waals surface area contributed by atoms with Crippen molar-refractivity contribution in [3.05, 3.63) is 91.8 Å². The number of hydrogen-bond acceptors (Lipinski definition) is 6. The minimum absolute atomic E-state index is 0.161. The van der Waals surface area contributed by atoms with E-state index in [9.17, 15) is 9.59 Å². The zero-order valence-electron chi connectivity index (χ0n) is 18.3. The largest absolute Gasteiger partial charge is 0.410 e. The minimum Gasteiger partial charge on any atom is -0.409 e. The first-order chi connectivity index (χ1) is 16.3. The van der Waals surface area contributed by atoms with Crippen molar-refractivity contribution in [2.75, 3.05) is 0 Å². The Kier molecular flexibility index (Phi) is 7.02. The number of hydrogen-bond donors (Lipinski definition) is 1. The first-order valence-electron chi connectivity index (χ1n) is 10.4. The highest BCUT2D eigenvalue weighted by Gasteiger charge is 2.24. The SMILES string of the molecule is CCc1cc(C(=O)c2ccccc2Cl)c(-n2c(C)nnc2Cc2ccc(OC(N)=O)c(Cl)c2)s1. The summed E-state index contributed by atoms with van der Waals surface area (Å²) in [6.45, 7) is 3.87. The molecule has 2 N–H and O–H groups in total. The van der Waals surface area contributed by atoms with Gasteiger partial charge in [0.2, 0.25) is 0 Å². The number of nitrogens with two attached hydrogens (primary N) is 1. The zero-order valence-corrected chi connectivity index (χ0v) is 20.7. The number of ketones is 1. The molecular weight excluding hydrogens is 495 g/mol. The van der Waals surface area contributed by atoms with E-state index in [0.717, 1.165) is 21.9 Å². The maximum Gasteiger partial charge on any atom is 0.410 e. The summed E-state index contributed by atoms with van der Waals surface area (Å²) in [7, 11) is 0. The van der Waals surface area contributed by atoms with Crippen LogP contribution in [0, 0.1) is 6.92 Å². The third-order valence-electron chi connectivity index (χ3n) is 5.14. The van der Waals surface area contributed by atoms with Gasteiger partial charge in [-0.2, -0.15) is 0 Å². The van der Waals surface area contributed by atoms with Gasteiger partial charge in [-0.25, -0.2) is 4.79 Å². The summed E-state index contributed by atoms with van der Waals surface area (Å²) < 4.78 is 6.77. The third-order valence-corrected chi connectivity index (χ3v) is 7.03. The number of aromatic nitrogens is 3. The van der Waals surface area contributed by atoms with Crippen LogP contribution in [0.3, 0.4) is 0 Å². The van der Waals surface area contributed by atoms with E-state index in [1.165, 1.54) is 11.3 Å². The molecule has 174 valence electrons. The number of benzene rings is 2. The number of aryl methyl sites for hydroxylation is 2. The number of amides is 1. The van der Waals surface area contributed by atoms with E-state index in [-0.39, 0.29) is 16.6 Å². The molecule has 4 rings (SSSR count). The zero-order chi connectivity index (χ0) is 24.4. The van der Waals surface area contributed by atoms with Crippen LogP contribution in [-0.4, -0.2) is 26.6 Å². The molecule has 0 radical (unpaired) electrons. The van der Waals surface area contributed by atoms with Crippen LogP contribution in [0.15, 0.2) is 48.5 Å². The summed E-state index contributed by atoms with van der Waals surface area (Å²) in [6.07, 6.45) is 0.224. The molecule has 0 bridgehead atoms. The Bertz CT molecular complexity index is 1400. The molecule has 0 unspecified atom stereocenters. The van der Waals surface area contributed by atoms with Gasteiger partial charge in [-0.05, 0) is 49.2 Å². The van der Waals surface area contributed by atoms with Crippen LogP contribution in [0.1, 0.15) is 44.9 Å². The van der Waals surface area contributed by atoms with E-state index in [1.54, 1.807) is 42.5 Å². The number of nitrogens with zero attached hydrogens (tertiary/aromatic N) is 3. The lowest BCUT2D eigenvalue weighted by Gasteiger charge is -2.11. The summed E-state index contributed by atoms with van der Waals surface area (Å²) in [4.78, 5) is 25.5. The molecule has 0 saturated carbocycles. The average Bonchev–Trinajstić information content (AvgIpc) is 3.38. The average molecular weight is 515 g/mol. The van der Waals surface area contributed by atoms with Gasteiger partial charge >= 0.3 is 6.09 Å². The molecule has 4 aromatic rings. The van der Waals surface area contributed by atoms with Crippen LogP contribution in [0.25, 0.3) is 5.00 Å². The Hall–Kier alpha value is -3.20. The van der Waals surface area contributed by atoms with E-state index in [4.69, 9.17) is 33.7 Å². The molecule has 1 amide bonds. The van der Waals surface area contributed by atoms with E-state index in [1.807, 2.05) is 24.5 Å². The molecule has 0 aliphatic heterocycles. The molecule has 7 nitrogen and oxygen atoms in total. The maximum absolute atomic E-state index is 13.5. The number of ether oxygens (including phenoxy) is 1. The third kappa shape index (κ3) is 4.84. The van der Waals surface area contributed by atoms with Crippen molar-refractivity contribution < 1.29 is 14.3 Å². The van der Waals surface area contributed by atoms with Gasteiger partial charge in [0.25, 0.3) is 0 Å². The van der Waals surface area contributed by atoms with E-state index in [0.29, 0.717) is 34.2 Å². The molecule has 0 aliphatic carbocycles. The monoisotopic (exact) mass is 514 g/mol. The molecule has 2 heterocycles. The van der Waals surface area contributed by atoms with Crippen LogP contribution in [0.4, 0.5) is 4.79 Å². The second-order valence-electron chi connectivity index (χ2n) is 7.46. The molecule has 0 fully saturated rings. The van der Waals surface area contributed by atoms with Gasteiger partial charge in [0.1, 0.15) is 16.6 Å². The van der Waals surface area contributed by atoms with E-state index < -0.39 is 6.09 Å². The number of carbonyl (C=O) groups excluding carboxylic acids is 2. The fraction of sp³-hybridized carbons (Fsp3) is 0.167. The first-order valence-corrected chi connectivity index (χ1v) is 11.9. The first kappa shape index (κ1) is 23.9. The quantitative estimate of drug-likeness (QED) is 0.314. The van der Waals surface area contributed by atoms with Gasteiger partial charge in [0, 0.05) is 16.9 Å². The van der Waals surface area contributed by atoms with Gasteiger partial charge in [-0.15, -0.1) is 21.5 Å². The van der Waals surface area contributed by atoms with E-state index >= 15 is 0 Å². The smallest absolute Gasteiger partial charge is 0.409 e. The van der Waals surface area contributed by atoms with E-state index in [2.05, 4.69) is 10.2 Å². The Morgan fingerprint density at radius 1 is 1.06 bits per heavy atom. The Morgan fingerprint density at radius 3 is 2.50 bits per heavy atom. The molecule has 0 aliphatic rings. The number of thiophene rings is 1. The minimum atomic E-state index is -0.940. The van der Waals surface area contributed by atoms with Crippen LogP contribution >= 0.6 is 34.5 Å². The molecule has 10 heteroatoms. The number of halogens is 2. The van der Waals surface area contributed by atoms with Crippen LogP contribution in [0.5, 0.6) is 5.75 Å². The standard InChI is InChI=1S/C24H20Cl2N4O3S/c1-3-15-12-17(22(31)16-6-4-5-7-18(16)25)23(34-15)30-13(2)28-29-21(30)11-14-8-9-20(19(26)10-14)33-24(27)32/h4-10,12H,3,11H2,1-2H3,(H2,27,32). The molecule has 2 aromatic carbocycles. The lowest BCUT2D eigenvalue weighted by molar-refractivity contribution is 0.103. The summed E-state index contributed by atoms with van der Waals surface area (Å²) in [6, 6.07) is 13.9. The summed E-state index contributed by atoms with van der Waals surface area (Å²) in [5.74, 6) is 1.29. The Labute approximate surface area is 210 Å². The highest BCUT2D eigenvalue weighted by atomic mass is 35.5. The fourth-order valence-electron chi connectivity index (χ4n) is 3.54. The molecule has 34 heavy (non-hydrogen) atoms. The van der Waals surface area contributed by atoms with Crippen molar-refractivity contribution in [1.29, 1.82) is 0 Å². The van der Waals surface area contributed by atoms with Crippen molar-refractivity contribution in [2.45, 2.75) is 26.7 Å².